The number of amides is 3. The first-order valence-electron chi connectivity index (χ1n) is 11.4. The molecule has 11 heteroatoms. The minimum absolute atomic E-state index is 0. The van der Waals surface area contributed by atoms with Gasteiger partial charge in [0.25, 0.3) is 0 Å². The maximum atomic E-state index is 11.9. The lowest BCUT2D eigenvalue weighted by molar-refractivity contribution is -0.116. The van der Waals surface area contributed by atoms with Crippen molar-refractivity contribution in [2.45, 2.75) is 25.5 Å². The number of fused-ring (bicyclic) bond motifs is 1. The van der Waals surface area contributed by atoms with Gasteiger partial charge in [-0.15, -0.1) is 12.4 Å². The Balaban J connectivity index is 0.00000342. The second-order valence-corrected chi connectivity index (χ2v) is 8.34. The van der Waals surface area contributed by atoms with Crippen molar-refractivity contribution in [1.29, 1.82) is 0 Å². The van der Waals surface area contributed by atoms with Crippen molar-refractivity contribution in [2.24, 2.45) is 5.73 Å². The van der Waals surface area contributed by atoms with Crippen molar-refractivity contribution in [2.75, 3.05) is 55.4 Å². The van der Waals surface area contributed by atoms with Gasteiger partial charge in [0.1, 0.15) is 17.7 Å². The summed E-state index contributed by atoms with van der Waals surface area (Å²) >= 11 is 0. The van der Waals surface area contributed by atoms with Crippen LogP contribution in [-0.2, 0) is 11.2 Å². The lowest BCUT2D eigenvalue weighted by atomic mass is 10.0. The first-order valence-corrected chi connectivity index (χ1v) is 11.4. The summed E-state index contributed by atoms with van der Waals surface area (Å²) in [5.41, 5.74) is 8.06. The largest absolute Gasteiger partial charge is 0.495 e. The predicted molar refractivity (Wildman–Crippen MR) is 137 cm³/mol. The number of methoxy groups -OCH3 is 1. The normalized spacial score (nSPS) is 17.6. The number of ether oxygens (including phenoxy) is 2. The molecule has 190 valence electrons. The van der Waals surface area contributed by atoms with Gasteiger partial charge in [0.15, 0.2) is 0 Å². The zero-order valence-corrected chi connectivity index (χ0v) is 20.5. The predicted octanol–water partition coefficient (Wildman–Crippen LogP) is 2.40. The molecule has 2 aliphatic heterocycles. The fourth-order valence-electron chi connectivity index (χ4n) is 4.45. The molecular weight excluding hydrogens is 474 g/mol. The molecule has 0 radical (unpaired) electrons. The van der Waals surface area contributed by atoms with Crippen LogP contribution in [0.15, 0.2) is 36.4 Å². The number of piperazine rings is 1. The summed E-state index contributed by atoms with van der Waals surface area (Å²) in [4.78, 5) is 27.3. The monoisotopic (exact) mass is 505 g/mol. The Hall–Kier alpha value is -3.21. The average molecular weight is 506 g/mol. The van der Waals surface area contributed by atoms with Crippen molar-refractivity contribution in [3.63, 3.8) is 0 Å². The average Bonchev–Trinajstić information content (AvgIpc) is 2.83. The highest BCUT2D eigenvalue weighted by Gasteiger charge is 2.27. The van der Waals surface area contributed by atoms with Gasteiger partial charge in [-0.2, -0.15) is 0 Å². The Labute approximate surface area is 210 Å². The summed E-state index contributed by atoms with van der Waals surface area (Å²) in [6.07, 6.45) is 1.02. The number of urea groups is 1. The van der Waals surface area contributed by atoms with Gasteiger partial charge in [-0.05, 0) is 37.1 Å². The first-order chi connectivity index (χ1) is 16.5. The van der Waals surface area contributed by atoms with Crippen LogP contribution in [0.3, 0.4) is 0 Å². The maximum absolute atomic E-state index is 11.9. The molecule has 5 N–H and O–H groups in total. The molecule has 1 saturated heterocycles. The van der Waals surface area contributed by atoms with Crippen molar-refractivity contribution in [3.8, 4) is 11.5 Å². The molecule has 0 bridgehead atoms. The highest BCUT2D eigenvalue weighted by molar-refractivity contribution is 6.02. The number of hydrogen-bond acceptors (Lipinski definition) is 7. The standard InChI is InChI=1S/C24H31N5O5.ClH/c1-33-20-6-3-2-5-18(20)29-13-12-28(22(31)15-29)11-4-14-34-19-9-8-17(26-24(25)32)23-16(19)7-10-21(30)27-23;/h2-3,5-6,8-9,22,31H,4,7,10-15H2,1H3,(H,27,30)(H3,25,26,32);1H. The van der Waals surface area contributed by atoms with Crippen LogP contribution in [0.25, 0.3) is 0 Å². The van der Waals surface area contributed by atoms with E-state index in [1.165, 1.54) is 0 Å². The number of benzene rings is 2. The van der Waals surface area contributed by atoms with Gasteiger partial charge >= 0.3 is 6.03 Å². The van der Waals surface area contributed by atoms with Gasteiger partial charge in [-0.25, -0.2) is 4.79 Å². The molecule has 3 amide bonds. The van der Waals surface area contributed by atoms with Crippen LogP contribution < -0.4 is 30.7 Å². The number of nitrogens with two attached hydrogens (primary N) is 1. The Kier molecular flexibility index (Phi) is 9.02. The topological polar surface area (TPSA) is 129 Å². The molecule has 0 aliphatic carbocycles. The number of nitrogens with zero attached hydrogens (tertiary/aromatic N) is 2. The van der Waals surface area contributed by atoms with Crippen LogP contribution in [-0.4, -0.2) is 68.1 Å². The molecular formula is C24H32ClN5O5. The fourth-order valence-corrected chi connectivity index (χ4v) is 4.45. The smallest absolute Gasteiger partial charge is 0.316 e. The minimum atomic E-state index is -0.694. The second kappa shape index (κ2) is 12.0. The lowest BCUT2D eigenvalue weighted by Gasteiger charge is -2.40. The molecule has 35 heavy (non-hydrogen) atoms. The molecule has 10 nitrogen and oxygen atoms in total. The van der Waals surface area contributed by atoms with Crippen molar-refractivity contribution in [3.05, 3.63) is 42.0 Å². The molecule has 1 atom stereocenters. The van der Waals surface area contributed by atoms with Crippen LogP contribution in [0, 0.1) is 0 Å². The van der Waals surface area contributed by atoms with Gasteiger partial charge in [0.05, 0.1) is 37.3 Å². The summed E-state index contributed by atoms with van der Waals surface area (Å²) < 4.78 is 11.5. The third kappa shape index (κ3) is 6.27. The van der Waals surface area contributed by atoms with Gasteiger partial charge in [-0.3, -0.25) is 9.69 Å². The van der Waals surface area contributed by atoms with E-state index in [-0.39, 0.29) is 18.3 Å². The molecule has 0 saturated carbocycles. The Morgan fingerprint density at radius 1 is 1.20 bits per heavy atom. The van der Waals surface area contributed by atoms with E-state index >= 15 is 0 Å². The Bertz CT molecular complexity index is 1050. The zero-order chi connectivity index (χ0) is 24.1. The number of carbonyl (C=O) groups excluding carboxylic acids is 2. The quantitative estimate of drug-likeness (QED) is 0.405. The number of β-amino-alcohol motifs (C(OH)–C–C–N with tert-alkyl or cyclic N) is 1. The SMILES string of the molecule is COc1ccccc1N1CCN(CCCOc2ccc(NC(N)=O)c3c2CCC(=O)N3)C(O)C1.Cl. The number of carbonyl (C=O) groups is 2. The second-order valence-electron chi connectivity index (χ2n) is 8.34. The zero-order valence-electron chi connectivity index (χ0n) is 19.7. The number of hydrogen-bond donors (Lipinski definition) is 4. The van der Waals surface area contributed by atoms with Gasteiger partial charge in [0, 0.05) is 31.6 Å². The number of primary amides is 1. The van der Waals surface area contributed by atoms with Gasteiger partial charge in [0.2, 0.25) is 5.91 Å². The third-order valence-electron chi connectivity index (χ3n) is 6.13. The van der Waals surface area contributed by atoms with E-state index < -0.39 is 12.3 Å². The summed E-state index contributed by atoms with van der Waals surface area (Å²) in [6.45, 7) is 3.18. The number of anilines is 3. The van der Waals surface area contributed by atoms with Crippen molar-refractivity contribution < 1.29 is 24.2 Å². The van der Waals surface area contributed by atoms with Crippen molar-refractivity contribution in [1.82, 2.24) is 4.90 Å². The van der Waals surface area contributed by atoms with Gasteiger partial charge < -0.3 is 35.8 Å². The third-order valence-corrected chi connectivity index (χ3v) is 6.13. The summed E-state index contributed by atoms with van der Waals surface area (Å²) in [5.74, 6) is 1.36. The number of nitrogens with one attached hydrogen (secondary N) is 2. The van der Waals surface area contributed by atoms with E-state index in [9.17, 15) is 14.7 Å². The minimum Gasteiger partial charge on any atom is -0.495 e. The summed E-state index contributed by atoms with van der Waals surface area (Å²) in [5, 5.41) is 16.0. The molecule has 2 aromatic carbocycles. The fraction of sp³-hybridized carbons (Fsp3) is 0.417. The Morgan fingerprint density at radius 3 is 2.74 bits per heavy atom. The summed E-state index contributed by atoms with van der Waals surface area (Å²) in [7, 11) is 1.65. The van der Waals surface area contributed by atoms with Gasteiger partial charge in [-0.1, -0.05) is 12.1 Å². The molecule has 4 rings (SSSR count). The van der Waals surface area contributed by atoms with Crippen LogP contribution in [0.1, 0.15) is 18.4 Å². The van der Waals surface area contributed by atoms with E-state index in [0.717, 1.165) is 36.5 Å². The lowest BCUT2D eigenvalue weighted by Crippen LogP contribution is -2.53. The number of aliphatic hydroxyl groups is 1. The van der Waals surface area contributed by atoms with E-state index in [2.05, 4.69) is 15.5 Å². The highest BCUT2D eigenvalue weighted by Crippen LogP contribution is 2.37. The molecule has 1 unspecified atom stereocenters. The van der Waals surface area contributed by atoms with Crippen LogP contribution in [0.5, 0.6) is 11.5 Å². The van der Waals surface area contributed by atoms with E-state index in [4.69, 9.17) is 15.2 Å². The number of halogens is 1. The number of rotatable bonds is 8. The Morgan fingerprint density at radius 2 is 2.00 bits per heavy atom. The van der Waals surface area contributed by atoms with Crippen LogP contribution in [0.2, 0.25) is 0 Å². The summed E-state index contributed by atoms with van der Waals surface area (Å²) in [6, 6.07) is 10.6. The highest BCUT2D eigenvalue weighted by atomic mass is 35.5. The molecule has 1 fully saturated rings. The van der Waals surface area contributed by atoms with E-state index in [1.807, 2.05) is 29.2 Å². The van der Waals surface area contributed by atoms with Crippen LogP contribution in [0.4, 0.5) is 21.9 Å². The first kappa shape index (κ1) is 26.4. The molecule has 2 aliphatic rings. The molecule has 0 aromatic heterocycles. The van der Waals surface area contributed by atoms with E-state index in [1.54, 1.807) is 19.2 Å². The number of para-hydroxylation sites is 2. The number of aliphatic hydroxyl groups excluding tert-OH is 1. The maximum Gasteiger partial charge on any atom is 0.316 e. The van der Waals surface area contributed by atoms with Crippen LogP contribution >= 0.6 is 12.4 Å². The molecule has 0 spiro atoms. The molecule has 2 heterocycles. The van der Waals surface area contributed by atoms with Crippen molar-refractivity contribution >= 4 is 41.4 Å². The van der Waals surface area contributed by atoms with E-state index in [0.29, 0.717) is 49.7 Å². The molecule has 2 aromatic rings.